The molecule has 1 aromatic carbocycles. The van der Waals surface area contributed by atoms with Gasteiger partial charge in [-0.1, -0.05) is 24.3 Å². The minimum atomic E-state index is -1.07. The van der Waals surface area contributed by atoms with Gasteiger partial charge in [0.25, 0.3) is 0 Å². The van der Waals surface area contributed by atoms with Gasteiger partial charge in [0.1, 0.15) is 5.60 Å². The van der Waals surface area contributed by atoms with Gasteiger partial charge in [-0.2, -0.15) is 5.10 Å². The number of benzene rings is 1. The summed E-state index contributed by atoms with van der Waals surface area (Å²) in [5.74, 6) is 0.856. The van der Waals surface area contributed by atoms with Crippen LogP contribution >= 0.6 is 24.0 Å². The molecule has 1 aliphatic heterocycles. The minimum Gasteiger partial charge on any atom is -0.383 e. The fourth-order valence-corrected chi connectivity index (χ4v) is 3.51. The van der Waals surface area contributed by atoms with E-state index in [-0.39, 0.29) is 29.9 Å². The molecule has 3 rings (SSSR count). The molecule has 0 spiro atoms. The van der Waals surface area contributed by atoms with E-state index in [1.54, 1.807) is 17.8 Å². The molecular weight excluding hydrogens is 507 g/mol. The quantitative estimate of drug-likeness (QED) is 0.271. The van der Waals surface area contributed by atoms with Gasteiger partial charge in [-0.15, -0.1) is 24.0 Å². The average Bonchev–Trinajstić information content (AvgIpc) is 3.34. The van der Waals surface area contributed by atoms with Crippen LogP contribution in [0.25, 0.3) is 0 Å². The highest BCUT2D eigenvalue weighted by atomic mass is 127. The number of rotatable bonds is 8. The number of carbonyl (C=O) groups is 1. The predicted molar refractivity (Wildman–Crippen MR) is 132 cm³/mol. The lowest BCUT2D eigenvalue weighted by molar-refractivity contribution is -0.128. The molecule has 31 heavy (non-hydrogen) atoms. The smallest absolute Gasteiger partial charge is 0.222 e. The van der Waals surface area contributed by atoms with Gasteiger partial charge in [-0.3, -0.25) is 9.48 Å². The SMILES string of the molecule is CCNC(=NCc1ccccc1CN1CCCC1=O)NCC(C)(O)c1cnn(C)c1.I. The highest BCUT2D eigenvalue weighted by Gasteiger charge is 2.25. The summed E-state index contributed by atoms with van der Waals surface area (Å²) in [7, 11) is 1.83. The van der Waals surface area contributed by atoms with Crippen molar-refractivity contribution >= 4 is 35.8 Å². The van der Waals surface area contributed by atoms with Crippen molar-refractivity contribution in [1.29, 1.82) is 0 Å². The third-order valence-electron chi connectivity index (χ3n) is 5.33. The van der Waals surface area contributed by atoms with Crippen LogP contribution in [0.2, 0.25) is 0 Å². The Kier molecular flexibility index (Phi) is 9.30. The molecule has 0 bridgehead atoms. The number of aromatic nitrogens is 2. The summed E-state index contributed by atoms with van der Waals surface area (Å²) in [5.41, 5.74) is 1.88. The van der Waals surface area contributed by atoms with E-state index in [2.05, 4.69) is 27.9 Å². The van der Waals surface area contributed by atoms with E-state index in [9.17, 15) is 9.90 Å². The zero-order valence-corrected chi connectivity index (χ0v) is 20.8. The van der Waals surface area contributed by atoms with Gasteiger partial charge in [-0.25, -0.2) is 4.99 Å². The largest absolute Gasteiger partial charge is 0.383 e. The van der Waals surface area contributed by atoms with Gasteiger partial charge < -0.3 is 20.6 Å². The van der Waals surface area contributed by atoms with Gasteiger partial charge >= 0.3 is 0 Å². The summed E-state index contributed by atoms with van der Waals surface area (Å²) in [5, 5.41) is 21.4. The summed E-state index contributed by atoms with van der Waals surface area (Å²) in [6, 6.07) is 8.10. The highest BCUT2D eigenvalue weighted by molar-refractivity contribution is 14.0. The maximum Gasteiger partial charge on any atom is 0.222 e. The fourth-order valence-electron chi connectivity index (χ4n) is 3.51. The van der Waals surface area contributed by atoms with Crippen molar-refractivity contribution in [1.82, 2.24) is 25.3 Å². The number of nitrogens with zero attached hydrogens (tertiary/aromatic N) is 4. The molecule has 0 radical (unpaired) electrons. The van der Waals surface area contributed by atoms with Crippen molar-refractivity contribution < 1.29 is 9.90 Å². The lowest BCUT2D eigenvalue weighted by atomic mass is 10.00. The van der Waals surface area contributed by atoms with Crippen LogP contribution in [0, 0.1) is 0 Å². The van der Waals surface area contributed by atoms with E-state index in [0.717, 1.165) is 29.7 Å². The van der Waals surface area contributed by atoms with Crippen LogP contribution < -0.4 is 10.6 Å². The molecule has 1 fully saturated rings. The number of aryl methyl sites for hydroxylation is 1. The van der Waals surface area contributed by atoms with Crippen LogP contribution in [0.1, 0.15) is 43.4 Å². The highest BCUT2D eigenvalue weighted by Crippen LogP contribution is 2.19. The van der Waals surface area contributed by atoms with Crippen molar-refractivity contribution in [2.24, 2.45) is 12.0 Å². The molecule has 170 valence electrons. The van der Waals surface area contributed by atoms with E-state index in [1.165, 1.54) is 0 Å². The van der Waals surface area contributed by atoms with Crippen LogP contribution in [-0.2, 0) is 30.5 Å². The Hall–Kier alpha value is -2.14. The Morgan fingerprint density at radius 1 is 1.29 bits per heavy atom. The molecule has 1 atom stereocenters. The molecule has 1 amide bonds. The Labute approximate surface area is 201 Å². The van der Waals surface area contributed by atoms with Gasteiger partial charge in [0.2, 0.25) is 5.91 Å². The molecule has 9 heteroatoms. The molecule has 8 nitrogen and oxygen atoms in total. The minimum absolute atomic E-state index is 0. The number of hydrogen-bond acceptors (Lipinski definition) is 4. The Balaban J connectivity index is 0.00000341. The molecule has 2 aromatic rings. The molecule has 1 aromatic heterocycles. The number of guanidine groups is 1. The summed E-state index contributed by atoms with van der Waals surface area (Å²) >= 11 is 0. The third-order valence-corrected chi connectivity index (χ3v) is 5.33. The van der Waals surface area contributed by atoms with Crippen LogP contribution in [0.4, 0.5) is 0 Å². The number of aliphatic imine (C=N–C) groups is 1. The zero-order valence-electron chi connectivity index (χ0n) is 18.5. The lowest BCUT2D eigenvalue weighted by Gasteiger charge is -2.24. The Bertz CT molecular complexity index is 896. The third kappa shape index (κ3) is 6.93. The molecule has 0 saturated carbocycles. The maximum absolute atomic E-state index is 12.0. The first-order valence-corrected chi connectivity index (χ1v) is 10.5. The zero-order chi connectivity index (χ0) is 21.6. The Morgan fingerprint density at radius 3 is 2.65 bits per heavy atom. The summed E-state index contributed by atoms with van der Waals surface area (Å²) in [6.45, 7) is 6.71. The van der Waals surface area contributed by atoms with E-state index in [4.69, 9.17) is 4.99 Å². The molecule has 1 unspecified atom stereocenters. The number of hydrogen-bond donors (Lipinski definition) is 3. The summed E-state index contributed by atoms with van der Waals surface area (Å²) in [6.07, 6.45) is 5.06. The van der Waals surface area contributed by atoms with Crippen molar-refractivity contribution in [3.63, 3.8) is 0 Å². The van der Waals surface area contributed by atoms with Crippen molar-refractivity contribution in [3.8, 4) is 0 Å². The molecule has 0 aliphatic carbocycles. The number of aliphatic hydroxyl groups is 1. The molecule has 1 saturated heterocycles. The number of nitrogens with one attached hydrogen (secondary N) is 2. The van der Waals surface area contributed by atoms with Crippen molar-refractivity contribution in [3.05, 3.63) is 53.3 Å². The molecule has 3 N–H and O–H groups in total. The first-order chi connectivity index (χ1) is 14.4. The fraction of sp³-hybridized carbons (Fsp3) is 0.500. The second-order valence-corrected chi connectivity index (χ2v) is 7.91. The van der Waals surface area contributed by atoms with Crippen LogP contribution in [0.15, 0.2) is 41.7 Å². The normalized spacial score (nSPS) is 16.1. The van der Waals surface area contributed by atoms with Crippen molar-refractivity contribution in [2.45, 2.75) is 45.4 Å². The summed E-state index contributed by atoms with van der Waals surface area (Å²) < 4.78 is 1.67. The van der Waals surface area contributed by atoms with Crippen LogP contribution in [0.5, 0.6) is 0 Å². The van der Waals surface area contributed by atoms with Gasteiger partial charge in [0, 0.05) is 44.9 Å². The number of amides is 1. The summed E-state index contributed by atoms with van der Waals surface area (Å²) in [4.78, 5) is 18.6. The number of halogens is 1. The second-order valence-electron chi connectivity index (χ2n) is 7.91. The first-order valence-electron chi connectivity index (χ1n) is 10.5. The van der Waals surface area contributed by atoms with Gasteiger partial charge in [-0.05, 0) is 31.4 Å². The Morgan fingerprint density at radius 2 is 2.03 bits per heavy atom. The monoisotopic (exact) mass is 540 g/mol. The van der Waals surface area contributed by atoms with E-state index < -0.39 is 5.60 Å². The van der Waals surface area contributed by atoms with E-state index >= 15 is 0 Å². The number of carbonyl (C=O) groups excluding carboxylic acids is 1. The predicted octanol–water partition coefficient (Wildman–Crippen LogP) is 2.12. The van der Waals surface area contributed by atoms with Gasteiger partial charge in [0.15, 0.2) is 5.96 Å². The van der Waals surface area contributed by atoms with Crippen molar-refractivity contribution in [2.75, 3.05) is 19.6 Å². The molecule has 2 heterocycles. The van der Waals surface area contributed by atoms with E-state index in [1.807, 2.05) is 37.2 Å². The topological polar surface area (TPSA) is 94.8 Å². The van der Waals surface area contributed by atoms with E-state index in [0.29, 0.717) is 38.6 Å². The van der Waals surface area contributed by atoms with Crippen LogP contribution in [0.3, 0.4) is 0 Å². The van der Waals surface area contributed by atoms with Crippen LogP contribution in [-0.4, -0.2) is 51.3 Å². The lowest BCUT2D eigenvalue weighted by Crippen LogP contribution is -2.44. The maximum atomic E-state index is 12.0. The molecular formula is C22H33IN6O2. The van der Waals surface area contributed by atoms with Gasteiger partial charge in [0.05, 0.1) is 19.3 Å². The first kappa shape index (κ1) is 25.1. The molecule has 1 aliphatic rings. The standard InChI is InChI=1S/C22H32N6O2.HI/c1-4-23-21(25-16-22(2,30)19-13-26-27(3)15-19)24-12-17-8-5-6-9-18(17)14-28-11-7-10-20(28)29;/h5-6,8-9,13,15,30H,4,7,10-12,14,16H2,1-3H3,(H2,23,24,25);1H. The number of likely N-dealkylation sites (tertiary alicyclic amines) is 1. The second kappa shape index (κ2) is 11.5. The average molecular weight is 540 g/mol.